The molecule has 1 aromatic rings. The SMILES string of the molecule is CO[C@H]1CC[C@H](CC(=O)N[C@H]2CC[C@H](CCN3CCC(C(=O)c4ccc(F)cc4)CC3)CC2)C1. The first kappa shape index (κ1) is 25.3. The number of halogens is 1. The summed E-state index contributed by atoms with van der Waals surface area (Å²) in [6.45, 7) is 3.03. The number of methoxy groups -OCH3 is 1. The number of hydrogen-bond donors (Lipinski definition) is 1. The van der Waals surface area contributed by atoms with Crippen LogP contribution < -0.4 is 5.32 Å². The summed E-state index contributed by atoms with van der Waals surface area (Å²) in [7, 11) is 1.77. The number of nitrogens with zero attached hydrogens (tertiary/aromatic N) is 1. The molecule has 0 spiro atoms. The number of Topliss-reactive ketones (excluding diaryl/α,β-unsaturated/α-hetero) is 1. The average molecular weight is 473 g/mol. The number of carbonyl (C=O) groups is 2. The fourth-order valence-electron chi connectivity index (χ4n) is 6.21. The number of nitrogens with one attached hydrogen (secondary N) is 1. The zero-order valence-corrected chi connectivity index (χ0v) is 20.6. The lowest BCUT2D eigenvalue weighted by atomic mass is 9.83. The summed E-state index contributed by atoms with van der Waals surface area (Å²) in [5, 5.41) is 3.29. The van der Waals surface area contributed by atoms with Crippen LogP contribution in [0.3, 0.4) is 0 Å². The van der Waals surface area contributed by atoms with Crippen LogP contribution in [0.4, 0.5) is 4.39 Å². The molecule has 0 unspecified atom stereocenters. The standard InChI is InChI=1S/C28H41FN2O3/c1-34-26-11-4-21(18-26)19-27(32)30-25-9-2-20(3-10-25)12-15-31-16-13-23(14-17-31)28(33)22-5-7-24(29)8-6-22/h5-8,20-21,23,25-26H,2-4,9-19H2,1H3,(H,30,32)/t20-,21-,25-,26-/m0/s1. The molecule has 2 atom stereocenters. The molecule has 2 aliphatic carbocycles. The van der Waals surface area contributed by atoms with Crippen LogP contribution in [0.15, 0.2) is 24.3 Å². The van der Waals surface area contributed by atoms with Gasteiger partial charge < -0.3 is 15.0 Å². The topological polar surface area (TPSA) is 58.6 Å². The van der Waals surface area contributed by atoms with E-state index in [0.717, 1.165) is 70.5 Å². The minimum absolute atomic E-state index is 0.0605. The van der Waals surface area contributed by atoms with E-state index in [0.29, 0.717) is 30.0 Å². The van der Waals surface area contributed by atoms with Crippen molar-refractivity contribution in [3.8, 4) is 0 Å². The Morgan fingerprint density at radius 3 is 2.29 bits per heavy atom. The summed E-state index contributed by atoms with van der Waals surface area (Å²) in [6, 6.07) is 6.30. The highest BCUT2D eigenvalue weighted by molar-refractivity contribution is 5.97. The van der Waals surface area contributed by atoms with E-state index in [1.165, 1.54) is 31.4 Å². The molecule has 0 radical (unpaired) electrons. The summed E-state index contributed by atoms with van der Waals surface area (Å²) < 4.78 is 18.5. The van der Waals surface area contributed by atoms with Crippen LogP contribution in [-0.2, 0) is 9.53 Å². The van der Waals surface area contributed by atoms with Crippen molar-refractivity contribution in [2.24, 2.45) is 17.8 Å². The number of likely N-dealkylation sites (tertiary alicyclic amines) is 1. The van der Waals surface area contributed by atoms with Gasteiger partial charge in [0.15, 0.2) is 5.78 Å². The Hall–Kier alpha value is -1.79. The zero-order valence-electron chi connectivity index (χ0n) is 20.6. The Bertz CT molecular complexity index is 798. The Morgan fingerprint density at radius 1 is 0.971 bits per heavy atom. The fraction of sp³-hybridized carbons (Fsp3) is 0.714. The third-order valence-corrected chi connectivity index (χ3v) is 8.45. The van der Waals surface area contributed by atoms with Gasteiger partial charge in [0.05, 0.1) is 6.10 Å². The second-order valence-corrected chi connectivity index (χ2v) is 10.8. The second-order valence-electron chi connectivity index (χ2n) is 10.8. The van der Waals surface area contributed by atoms with Crippen LogP contribution in [0.1, 0.15) is 81.0 Å². The highest BCUT2D eigenvalue weighted by Gasteiger charge is 2.29. The summed E-state index contributed by atoms with van der Waals surface area (Å²) in [5.74, 6) is 1.37. The third kappa shape index (κ3) is 7.11. The molecule has 1 amide bonds. The van der Waals surface area contributed by atoms with Crippen LogP contribution in [0.2, 0.25) is 0 Å². The van der Waals surface area contributed by atoms with Crippen LogP contribution >= 0.6 is 0 Å². The highest BCUT2D eigenvalue weighted by Crippen LogP contribution is 2.31. The summed E-state index contributed by atoms with van der Waals surface area (Å²) >= 11 is 0. The first-order chi connectivity index (χ1) is 16.5. The second kappa shape index (κ2) is 12.3. The molecule has 6 heteroatoms. The van der Waals surface area contributed by atoms with Gasteiger partial charge in [0, 0.05) is 31.1 Å². The predicted molar refractivity (Wildman–Crippen MR) is 131 cm³/mol. The normalized spacial score (nSPS) is 28.6. The maximum Gasteiger partial charge on any atom is 0.220 e. The molecule has 2 saturated carbocycles. The molecule has 34 heavy (non-hydrogen) atoms. The number of carbonyl (C=O) groups excluding carboxylic acids is 2. The third-order valence-electron chi connectivity index (χ3n) is 8.45. The molecule has 1 aromatic carbocycles. The Morgan fingerprint density at radius 2 is 1.65 bits per heavy atom. The first-order valence-electron chi connectivity index (χ1n) is 13.3. The maximum absolute atomic E-state index is 13.1. The maximum atomic E-state index is 13.1. The van der Waals surface area contributed by atoms with E-state index >= 15 is 0 Å². The summed E-state index contributed by atoms with van der Waals surface area (Å²) in [6.07, 6.45) is 11.8. The summed E-state index contributed by atoms with van der Waals surface area (Å²) in [5.41, 5.74) is 0.631. The lowest BCUT2D eigenvalue weighted by Crippen LogP contribution is -2.39. The van der Waals surface area contributed by atoms with Crippen molar-refractivity contribution in [3.05, 3.63) is 35.6 Å². The largest absolute Gasteiger partial charge is 0.381 e. The number of ketones is 1. The molecule has 5 nitrogen and oxygen atoms in total. The van der Waals surface area contributed by atoms with E-state index in [-0.39, 0.29) is 23.4 Å². The first-order valence-corrected chi connectivity index (χ1v) is 13.3. The van der Waals surface area contributed by atoms with Crippen molar-refractivity contribution >= 4 is 11.7 Å². The van der Waals surface area contributed by atoms with E-state index in [9.17, 15) is 14.0 Å². The number of rotatable bonds is 9. The van der Waals surface area contributed by atoms with Gasteiger partial charge >= 0.3 is 0 Å². The van der Waals surface area contributed by atoms with Crippen molar-refractivity contribution in [2.45, 2.75) is 82.8 Å². The van der Waals surface area contributed by atoms with E-state index in [4.69, 9.17) is 4.74 Å². The van der Waals surface area contributed by atoms with E-state index in [1.54, 1.807) is 19.2 Å². The van der Waals surface area contributed by atoms with Gasteiger partial charge in [0.2, 0.25) is 5.91 Å². The molecule has 1 aliphatic heterocycles. The molecule has 0 bridgehead atoms. The molecule has 1 N–H and O–H groups in total. The number of ether oxygens (including phenoxy) is 1. The van der Waals surface area contributed by atoms with Crippen LogP contribution in [-0.4, -0.2) is 55.5 Å². The van der Waals surface area contributed by atoms with Crippen molar-refractivity contribution in [1.29, 1.82) is 0 Å². The smallest absolute Gasteiger partial charge is 0.220 e. The quantitative estimate of drug-likeness (QED) is 0.515. The molecular formula is C28H41FN2O3. The van der Waals surface area contributed by atoms with Gasteiger partial charge in [0.25, 0.3) is 0 Å². The number of hydrogen-bond acceptors (Lipinski definition) is 4. The van der Waals surface area contributed by atoms with E-state index in [1.807, 2.05) is 0 Å². The van der Waals surface area contributed by atoms with Crippen molar-refractivity contribution in [1.82, 2.24) is 10.2 Å². The van der Waals surface area contributed by atoms with Crippen LogP contribution in [0.25, 0.3) is 0 Å². The number of amides is 1. The Kier molecular flexibility index (Phi) is 9.12. The van der Waals surface area contributed by atoms with E-state index in [2.05, 4.69) is 10.2 Å². The lowest BCUT2D eigenvalue weighted by molar-refractivity contribution is -0.123. The number of piperidine rings is 1. The van der Waals surface area contributed by atoms with Gasteiger partial charge in [-0.25, -0.2) is 4.39 Å². The highest BCUT2D eigenvalue weighted by atomic mass is 19.1. The van der Waals surface area contributed by atoms with Crippen LogP contribution in [0, 0.1) is 23.6 Å². The molecule has 4 rings (SSSR count). The molecule has 1 heterocycles. The van der Waals surface area contributed by atoms with Gasteiger partial charge in [0.1, 0.15) is 5.82 Å². The fourth-order valence-corrected chi connectivity index (χ4v) is 6.21. The minimum atomic E-state index is -0.299. The number of benzene rings is 1. The molecular weight excluding hydrogens is 431 g/mol. The van der Waals surface area contributed by atoms with Gasteiger partial charge in [-0.15, -0.1) is 0 Å². The van der Waals surface area contributed by atoms with Gasteiger partial charge in [-0.1, -0.05) is 0 Å². The van der Waals surface area contributed by atoms with Crippen LogP contribution in [0.5, 0.6) is 0 Å². The Balaban J connectivity index is 1.09. The molecule has 3 fully saturated rings. The van der Waals surface area contributed by atoms with Gasteiger partial charge in [-0.2, -0.15) is 0 Å². The van der Waals surface area contributed by atoms with Gasteiger partial charge in [-0.05, 0) is 120 Å². The molecule has 0 aromatic heterocycles. The zero-order chi connectivity index (χ0) is 23.9. The molecule has 1 saturated heterocycles. The molecule has 3 aliphatic rings. The van der Waals surface area contributed by atoms with Crippen molar-refractivity contribution in [3.63, 3.8) is 0 Å². The van der Waals surface area contributed by atoms with Gasteiger partial charge in [-0.3, -0.25) is 9.59 Å². The lowest BCUT2D eigenvalue weighted by Gasteiger charge is -2.34. The molecule has 188 valence electrons. The summed E-state index contributed by atoms with van der Waals surface area (Å²) in [4.78, 5) is 27.6. The average Bonchev–Trinajstić information content (AvgIpc) is 3.31. The monoisotopic (exact) mass is 472 g/mol. The van der Waals surface area contributed by atoms with E-state index < -0.39 is 0 Å². The predicted octanol–water partition coefficient (Wildman–Crippen LogP) is 4.99. The Labute approximate surface area is 203 Å². The van der Waals surface area contributed by atoms with Crippen molar-refractivity contribution in [2.75, 3.05) is 26.7 Å². The minimum Gasteiger partial charge on any atom is -0.381 e. The van der Waals surface area contributed by atoms with Crippen molar-refractivity contribution < 1.29 is 18.7 Å².